The highest BCUT2D eigenvalue weighted by molar-refractivity contribution is 5.79. The van der Waals surface area contributed by atoms with Crippen molar-refractivity contribution in [3.63, 3.8) is 0 Å². The highest BCUT2D eigenvalue weighted by Crippen LogP contribution is 2.44. The van der Waals surface area contributed by atoms with Crippen LogP contribution in [0.5, 0.6) is 0 Å². The van der Waals surface area contributed by atoms with Gasteiger partial charge in [-0.25, -0.2) is 4.79 Å². The van der Waals surface area contributed by atoms with Gasteiger partial charge in [-0.2, -0.15) is 5.10 Å². The van der Waals surface area contributed by atoms with Crippen molar-refractivity contribution in [1.29, 1.82) is 0 Å². The molecule has 1 aliphatic carbocycles. The van der Waals surface area contributed by atoms with Crippen LogP contribution in [0.4, 0.5) is 4.79 Å². The topological polar surface area (TPSA) is 47.4 Å². The molecule has 0 saturated heterocycles. The Morgan fingerprint density at radius 3 is 2.46 bits per heavy atom. The van der Waals surface area contributed by atoms with E-state index in [1.807, 2.05) is 30.5 Å². The molecule has 2 aromatic carbocycles. The van der Waals surface area contributed by atoms with E-state index in [9.17, 15) is 4.79 Å². The molecule has 0 unspecified atom stereocenters. The quantitative estimate of drug-likeness (QED) is 0.639. The second-order valence-electron chi connectivity index (χ2n) is 6.91. The molecule has 0 bridgehead atoms. The smallest absolute Gasteiger partial charge is 0.409 e. The zero-order chi connectivity index (χ0) is 19.5. The first-order valence-electron chi connectivity index (χ1n) is 9.18. The van der Waals surface area contributed by atoms with Crippen molar-refractivity contribution in [2.45, 2.75) is 19.0 Å². The predicted molar refractivity (Wildman–Crippen MR) is 108 cm³/mol. The van der Waals surface area contributed by atoms with Crippen LogP contribution >= 0.6 is 0 Å². The van der Waals surface area contributed by atoms with Gasteiger partial charge in [-0.05, 0) is 22.3 Å². The van der Waals surface area contributed by atoms with Gasteiger partial charge < -0.3 is 9.64 Å². The average Bonchev–Trinajstić information content (AvgIpc) is 3.28. The number of fused-ring (bicyclic) bond motifs is 3. The lowest BCUT2D eigenvalue weighted by Gasteiger charge is -2.19. The van der Waals surface area contributed by atoms with Crippen LogP contribution in [0.15, 0.2) is 60.9 Å². The first-order valence-corrected chi connectivity index (χ1v) is 9.18. The standard InChI is InChI=1S/C23H21N3O2/c1-3-12-26-15-17(13-24-26)14-25(2)23(27)28-16-22-20-10-6-4-8-18(20)19-9-5-7-11-21(19)22/h1,4-11,13,15,22H,12,14,16H2,2H3. The van der Waals surface area contributed by atoms with Gasteiger partial charge in [-0.1, -0.05) is 54.5 Å². The van der Waals surface area contributed by atoms with Crippen LogP contribution in [-0.4, -0.2) is 34.4 Å². The second-order valence-corrected chi connectivity index (χ2v) is 6.91. The van der Waals surface area contributed by atoms with Crippen molar-refractivity contribution in [2.75, 3.05) is 13.7 Å². The fourth-order valence-electron chi connectivity index (χ4n) is 3.71. The SMILES string of the molecule is C#CCn1cc(CN(C)C(=O)OCC2c3ccccc3-c3ccccc32)cn1. The number of ether oxygens (including phenoxy) is 1. The van der Waals surface area contributed by atoms with Gasteiger partial charge in [0, 0.05) is 24.7 Å². The first kappa shape index (κ1) is 17.9. The van der Waals surface area contributed by atoms with Gasteiger partial charge in [-0.3, -0.25) is 4.68 Å². The monoisotopic (exact) mass is 371 g/mol. The van der Waals surface area contributed by atoms with Crippen molar-refractivity contribution in [3.8, 4) is 23.5 Å². The normalized spacial score (nSPS) is 12.1. The average molecular weight is 371 g/mol. The molecule has 0 fully saturated rings. The molecule has 1 heterocycles. The third kappa shape index (κ3) is 3.37. The molecular formula is C23H21N3O2. The molecule has 0 saturated carbocycles. The van der Waals surface area contributed by atoms with Gasteiger partial charge in [0.25, 0.3) is 0 Å². The maximum absolute atomic E-state index is 12.5. The zero-order valence-corrected chi connectivity index (χ0v) is 15.7. The molecular weight excluding hydrogens is 350 g/mol. The van der Waals surface area contributed by atoms with E-state index in [1.54, 1.807) is 22.8 Å². The zero-order valence-electron chi connectivity index (χ0n) is 15.7. The van der Waals surface area contributed by atoms with E-state index >= 15 is 0 Å². The van der Waals surface area contributed by atoms with Crippen LogP contribution in [0.3, 0.4) is 0 Å². The molecule has 0 radical (unpaired) electrons. The van der Waals surface area contributed by atoms with Gasteiger partial charge >= 0.3 is 6.09 Å². The molecule has 5 heteroatoms. The van der Waals surface area contributed by atoms with Crippen LogP contribution in [0, 0.1) is 12.3 Å². The molecule has 3 aromatic rings. The molecule has 0 atom stereocenters. The Labute approximate surface area is 164 Å². The van der Waals surface area contributed by atoms with E-state index in [4.69, 9.17) is 11.2 Å². The van der Waals surface area contributed by atoms with Gasteiger partial charge in [0.1, 0.15) is 13.2 Å². The summed E-state index contributed by atoms with van der Waals surface area (Å²) in [6.07, 6.45) is 8.49. The predicted octanol–water partition coefficient (Wildman–Crippen LogP) is 3.90. The molecule has 0 aliphatic heterocycles. The highest BCUT2D eigenvalue weighted by atomic mass is 16.6. The van der Waals surface area contributed by atoms with Crippen LogP contribution < -0.4 is 0 Å². The summed E-state index contributed by atoms with van der Waals surface area (Å²) >= 11 is 0. The van der Waals surface area contributed by atoms with Crippen LogP contribution in [0.2, 0.25) is 0 Å². The van der Waals surface area contributed by atoms with E-state index < -0.39 is 0 Å². The maximum Gasteiger partial charge on any atom is 0.409 e. The Hall–Kier alpha value is -3.52. The summed E-state index contributed by atoms with van der Waals surface area (Å²) in [4.78, 5) is 14.1. The number of aromatic nitrogens is 2. The lowest BCUT2D eigenvalue weighted by molar-refractivity contribution is 0.106. The Morgan fingerprint density at radius 2 is 1.82 bits per heavy atom. The fraction of sp³-hybridized carbons (Fsp3) is 0.217. The molecule has 4 rings (SSSR count). The molecule has 1 aromatic heterocycles. The molecule has 5 nitrogen and oxygen atoms in total. The number of amides is 1. The number of nitrogens with zero attached hydrogens (tertiary/aromatic N) is 3. The Kier molecular flexibility index (Phi) is 4.86. The van der Waals surface area contributed by atoms with Crippen LogP contribution in [0.25, 0.3) is 11.1 Å². The largest absolute Gasteiger partial charge is 0.448 e. The van der Waals surface area contributed by atoms with Crippen molar-refractivity contribution >= 4 is 6.09 Å². The summed E-state index contributed by atoms with van der Waals surface area (Å²) in [5.41, 5.74) is 5.75. The minimum Gasteiger partial charge on any atom is -0.448 e. The molecule has 0 spiro atoms. The number of benzene rings is 2. The summed E-state index contributed by atoms with van der Waals surface area (Å²) in [5, 5.41) is 4.17. The molecule has 28 heavy (non-hydrogen) atoms. The number of hydrogen-bond donors (Lipinski definition) is 0. The van der Waals surface area contributed by atoms with E-state index in [1.165, 1.54) is 22.3 Å². The summed E-state index contributed by atoms with van der Waals surface area (Å²) in [6, 6.07) is 16.6. The molecule has 1 amide bonds. The van der Waals surface area contributed by atoms with Gasteiger partial charge in [0.15, 0.2) is 0 Å². The fourth-order valence-corrected chi connectivity index (χ4v) is 3.71. The van der Waals surface area contributed by atoms with E-state index in [0.717, 1.165) is 5.56 Å². The Bertz CT molecular complexity index is 1000. The lowest BCUT2D eigenvalue weighted by Crippen LogP contribution is -2.28. The molecule has 0 N–H and O–H groups in total. The van der Waals surface area contributed by atoms with E-state index in [0.29, 0.717) is 19.7 Å². The van der Waals surface area contributed by atoms with Gasteiger partial charge in [0.2, 0.25) is 0 Å². The second kappa shape index (κ2) is 7.61. The Morgan fingerprint density at radius 1 is 1.18 bits per heavy atom. The van der Waals surface area contributed by atoms with Crippen LogP contribution in [-0.2, 0) is 17.8 Å². The number of hydrogen-bond acceptors (Lipinski definition) is 3. The number of carbonyl (C=O) groups is 1. The van der Waals surface area contributed by atoms with E-state index in [2.05, 4.69) is 35.3 Å². The summed E-state index contributed by atoms with van der Waals surface area (Å²) in [5.74, 6) is 2.59. The Balaban J connectivity index is 1.42. The maximum atomic E-state index is 12.5. The van der Waals surface area contributed by atoms with Gasteiger partial charge in [-0.15, -0.1) is 6.42 Å². The number of terminal acetylenes is 1. The minimum absolute atomic E-state index is 0.0585. The minimum atomic E-state index is -0.355. The summed E-state index contributed by atoms with van der Waals surface area (Å²) in [7, 11) is 1.72. The van der Waals surface area contributed by atoms with Crippen molar-refractivity contribution < 1.29 is 9.53 Å². The first-order chi connectivity index (χ1) is 13.7. The lowest BCUT2D eigenvalue weighted by atomic mass is 9.98. The highest BCUT2D eigenvalue weighted by Gasteiger charge is 2.29. The molecule has 140 valence electrons. The van der Waals surface area contributed by atoms with E-state index in [-0.39, 0.29) is 12.0 Å². The van der Waals surface area contributed by atoms with Crippen molar-refractivity contribution in [3.05, 3.63) is 77.6 Å². The van der Waals surface area contributed by atoms with Crippen molar-refractivity contribution in [2.24, 2.45) is 0 Å². The van der Waals surface area contributed by atoms with Crippen molar-refractivity contribution in [1.82, 2.24) is 14.7 Å². The van der Waals surface area contributed by atoms with Gasteiger partial charge in [0.05, 0.1) is 12.7 Å². The number of rotatable bonds is 5. The third-order valence-electron chi connectivity index (χ3n) is 5.01. The summed E-state index contributed by atoms with van der Waals surface area (Å²) in [6.45, 7) is 1.14. The third-order valence-corrected chi connectivity index (χ3v) is 5.01. The van der Waals surface area contributed by atoms with Crippen LogP contribution in [0.1, 0.15) is 22.6 Å². The number of carbonyl (C=O) groups excluding carboxylic acids is 1. The summed E-state index contributed by atoms with van der Waals surface area (Å²) < 4.78 is 7.32. The molecule has 1 aliphatic rings.